The number of likely N-dealkylation sites (N-methyl/N-ethyl adjacent to an activating group) is 1. The Morgan fingerprint density at radius 3 is 2.74 bits per heavy atom. The van der Waals surface area contributed by atoms with Gasteiger partial charge in [-0.25, -0.2) is 4.79 Å². The predicted molar refractivity (Wildman–Crippen MR) is 71.1 cm³/mol. The number of likely N-dealkylation sites (tertiary alicyclic amines) is 1. The number of carboxylic acids is 1. The highest BCUT2D eigenvalue weighted by Gasteiger charge is 2.31. The zero-order chi connectivity index (χ0) is 14.3. The number of carbonyl (C=O) groups is 2. The third-order valence-corrected chi connectivity index (χ3v) is 3.35. The van der Waals surface area contributed by atoms with Crippen molar-refractivity contribution in [2.75, 3.05) is 39.9 Å². The summed E-state index contributed by atoms with van der Waals surface area (Å²) in [4.78, 5) is 26.1. The van der Waals surface area contributed by atoms with Gasteiger partial charge in [-0.3, -0.25) is 4.79 Å². The number of carboxylic acid groups (broad SMARTS) is 1. The highest BCUT2D eigenvalue weighted by atomic mass is 16.5. The molecule has 6 nitrogen and oxygen atoms in total. The number of aliphatic carboxylic acids is 1. The van der Waals surface area contributed by atoms with Crippen molar-refractivity contribution in [3.8, 4) is 0 Å². The molecule has 0 bridgehead atoms. The van der Waals surface area contributed by atoms with Crippen LogP contribution in [0.1, 0.15) is 26.2 Å². The molecular weight excluding hydrogens is 248 g/mol. The summed E-state index contributed by atoms with van der Waals surface area (Å²) in [6.45, 7) is 4.73. The lowest BCUT2D eigenvalue weighted by molar-refractivity contribution is -0.141. The second kappa shape index (κ2) is 7.99. The van der Waals surface area contributed by atoms with E-state index in [9.17, 15) is 9.59 Å². The standard InChI is InChI=1S/C13H24N2O4/c1-3-4-8-19-9-7-14(2)13(18)15-6-5-11(10-15)12(16)17/h11H,3-10H2,1-2H3,(H,16,17). The normalized spacial score (nSPS) is 18.6. The zero-order valence-electron chi connectivity index (χ0n) is 11.8. The number of ether oxygens (including phenoxy) is 1. The van der Waals surface area contributed by atoms with E-state index < -0.39 is 11.9 Å². The van der Waals surface area contributed by atoms with Crippen molar-refractivity contribution < 1.29 is 19.4 Å². The van der Waals surface area contributed by atoms with Gasteiger partial charge in [0.1, 0.15) is 0 Å². The molecule has 0 aliphatic carbocycles. The number of hydrogen-bond donors (Lipinski definition) is 1. The number of rotatable bonds is 7. The Balaban J connectivity index is 2.23. The van der Waals surface area contributed by atoms with E-state index in [0.29, 0.717) is 32.7 Å². The van der Waals surface area contributed by atoms with Crippen LogP contribution in [0.2, 0.25) is 0 Å². The van der Waals surface area contributed by atoms with Crippen LogP contribution in [0, 0.1) is 5.92 Å². The third-order valence-electron chi connectivity index (χ3n) is 3.35. The number of nitrogens with zero attached hydrogens (tertiary/aromatic N) is 2. The van der Waals surface area contributed by atoms with Crippen LogP contribution in [0.25, 0.3) is 0 Å². The van der Waals surface area contributed by atoms with E-state index >= 15 is 0 Å². The third kappa shape index (κ3) is 5.06. The zero-order valence-corrected chi connectivity index (χ0v) is 11.8. The molecule has 1 unspecified atom stereocenters. The van der Waals surface area contributed by atoms with Crippen molar-refractivity contribution in [1.82, 2.24) is 9.80 Å². The molecule has 0 aromatic rings. The maximum atomic E-state index is 12.0. The van der Waals surface area contributed by atoms with Crippen LogP contribution in [-0.4, -0.2) is 66.8 Å². The Bertz CT molecular complexity index is 309. The second-order valence-corrected chi connectivity index (χ2v) is 4.94. The highest BCUT2D eigenvalue weighted by Crippen LogP contribution is 2.17. The van der Waals surface area contributed by atoms with Gasteiger partial charge in [0.15, 0.2) is 0 Å². The molecule has 1 atom stereocenters. The summed E-state index contributed by atoms with van der Waals surface area (Å²) in [7, 11) is 1.72. The molecular formula is C13H24N2O4. The molecule has 1 aliphatic heterocycles. The highest BCUT2D eigenvalue weighted by molar-refractivity contribution is 5.77. The van der Waals surface area contributed by atoms with Gasteiger partial charge in [0.05, 0.1) is 12.5 Å². The van der Waals surface area contributed by atoms with Crippen LogP contribution >= 0.6 is 0 Å². The van der Waals surface area contributed by atoms with Gasteiger partial charge < -0.3 is 19.6 Å². The first-order valence-electron chi connectivity index (χ1n) is 6.86. The smallest absolute Gasteiger partial charge is 0.319 e. The first-order valence-corrected chi connectivity index (χ1v) is 6.86. The molecule has 0 spiro atoms. The van der Waals surface area contributed by atoms with E-state index in [1.54, 1.807) is 16.8 Å². The quantitative estimate of drug-likeness (QED) is 0.708. The Morgan fingerprint density at radius 1 is 1.42 bits per heavy atom. The molecule has 1 aliphatic rings. The maximum absolute atomic E-state index is 12.0. The van der Waals surface area contributed by atoms with Gasteiger partial charge in [0.2, 0.25) is 0 Å². The lowest BCUT2D eigenvalue weighted by Crippen LogP contribution is -2.41. The molecule has 110 valence electrons. The maximum Gasteiger partial charge on any atom is 0.319 e. The largest absolute Gasteiger partial charge is 0.481 e. The number of carbonyl (C=O) groups excluding carboxylic acids is 1. The van der Waals surface area contributed by atoms with Crippen molar-refractivity contribution in [1.29, 1.82) is 0 Å². The fraction of sp³-hybridized carbons (Fsp3) is 0.846. The Labute approximate surface area is 114 Å². The summed E-state index contributed by atoms with van der Waals surface area (Å²) in [5, 5.41) is 8.90. The van der Waals surface area contributed by atoms with E-state index in [2.05, 4.69) is 6.92 Å². The molecule has 0 radical (unpaired) electrons. The number of urea groups is 1. The number of amides is 2. The molecule has 19 heavy (non-hydrogen) atoms. The average molecular weight is 272 g/mol. The van der Waals surface area contributed by atoms with Crippen molar-refractivity contribution >= 4 is 12.0 Å². The van der Waals surface area contributed by atoms with Gasteiger partial charge in [-0.05, 0) is 12.8 Å². The molecule has 0 saturated carbocycles. The van der Waals surface area contributed by atoms with Crippen molar-refractivity contribution in [3.63, 3.8) is 0 Å². The lowest BCUT2D eigenvalue weighted by Gasteiger charge is -2.24. The first-order chi connectivity index (χ1) is 9.06. The molecule has 1 saturated heterocycles. The minimum absolute atomic E-state index is 0.108. The van der Waals surface area contributed by atoms with E-state index in [1.165, 1.54) is 0 Å². The van der Waals surface area contributed by atoms with E-state index in [1.807, 2.05) is 0 Å². The van der Waals surface area contributed by atoms with Gasteiger partial charge in [0, 0.05) is 33.3 Å². The fourth-order valence-corrected chi connectivity index (χ4v) is 2.02. The summed E-state index contributed by atoms with van der Waals surface area (Å²) >= 11 is 0. The van der Waals surface area contributed by atoms with Crippen LogP contribution in [-0.2, 0) is 9.53 Å². The molecule has 2 amide bonds. The SMILES string of the molecule is CCCCOCCN(C)C(=O)N1CCC(C(=O)O)C1. The predicted octanol–water partition coefficient (Wildman–Crippen LogP) is 1.26. The van der Waals surface area contributed by atoms with Crippen molar-refractivity contribution in [2.24, 2.45) is 5.92 Å². The topological polar surface area (TPSA) is 70.1 Å². The van der Waals surface area contributed by atoms with Crippen LogP contribution < -0.4 is 0 Å². The van der Waals surface area contributed by atoms with E-state index in [0.717, 1.165) is 19.4 Å². The molecule has 1 fully saturated rings. The van der Waals surface area contributed by atoms with Gasteiger partial charge >= 0.3 is 12.0 Å². The average Bonchev–Trinajstić information content (AvgIpc) is 2.87. The molecule has 6 heteroatoms. The monoisotopic (exact) mass is 272 g/mol. The summed E-state index contributed by atoms with van der Waals surface area (Å²) in [5.41, 5.74) is 0. The van der Waals surface area contributed by atoms with Gasteiger partial charge in [-0.1, -0.05) is 13.3 Å². The number of unbranched alkanes of at least 4 members (excludes halogenated alkanes) is 1. The van der Waals surface area contributed by atoms with Crippen LogP contribution in [0.3, 0.4) is 0 Å². The number of hydrogen-bond acceptors (Lipinski definition) is 3. The minimum atomic E-state index is -0.819. The van der Waals surface area contributed by atoms with Crippen LogP contribution in [0.4, 0.5) is 4.79 Å². The van der Waals surface area contributed by atoms with Crippen LogP contribution in [0.15, 0.2) is 0 Å². The molecule has 0 aromatic carbocycles. The summed E-state index contributed by atoms with van der Waals surface area (Å²) < 4.78 is 5.41. The minimum Gasteiger partial charge on any atom is -0.481 e. The van der Waals surface area contributed by atoms with Crippen molar-refractivity contribution in [3.05, 3.63) is 0 Å². The second-order valence-electron chi connectivity index (χ2n) is 4.94. The van der Waals surface area contributed by atoms with Crippen LogP contribution in [0.5, 0.6) is 0 Å². The van der Waals surface area contributed by atoms with Gasteiger partial charge in [-0.2, -0.15) is 0 Å². The van der Waals surface area contributed by atoms with Gasteiger partial charge in [-0.15, -0.1) is 0 Å². The fourth-order valence-electron chi connectivity index (χ4n) is 2.02. The summed E-state index contributed by atoms with van der Waals surface area (Å²) in [6, 6.07) is -0.108. The first kappa shape index (κ1) is 15.8. The van der Waals surface area contributed by atoms with Gasteiger partial charge in [0.25, 0.3) is 0 Å². The van der Waals surface area contributed by atoms with E-state index in [4.69, 9.17) is 9.84 Å². The molecule has 1 rings (SSSR count). The molecule has 0 aromatic heterocycles. The molecule has 1 N–H and O–H groups in total. The van der Waals surface area contributed by atoms with E-state index in [-0.39, 0.29) is 6.03 Å². The Kier molecular flexibility index (Phi) is 6.62. The Hall–Kier alpha value is -1.30. The van der Waals surface area contributed by atoms with Crippen molar-refractivity contribution in [2.45, 2.75) is 26.2 Å². The summed E-state index contributed by atoms with van der Waals surface area (Å²) in [6.07, 6.45) is 2.67. The Morgan fingerprint density at radius 2 is 2.16 bits per heavy atom. The molecule has 1 heterocycles. The summed E-state index contributed by atoms with van der Waals surface area (Å²) in [5.74, 6) is -1.24. The lowest BCUT2D eigenvalue weighted by atomic mass is 10.1.